The van der Waals surface area contributed by atoms with E-state index >= 15 is 0 Å². The zero-order valence-corrected chi connectivity index (χ0v) is 8.86. The molecule has 1 aliphatic heterocycles. The van der Waals surface area contributed by atoms with Crippen molar-refractivity contribution in [1.29, 1.82) is 0 Å². The van der Waals surface area contributed by atoms with E-state index in [2.05, 4.69) is 15.4 Å². The molecule has 0 radical (unpaired) electrons. The molecule has 3 N–H and O–H groups in total. The van der Waals surface area contributed by atoms with Crippen LogP contribution in [-0.2, 0) is 19.1 Å². The van der Waals surface area contributed by atoms with E-state index in [1.54, 1.807) is 0 Å². The van der Waals surface area contributed by atoms with Gasteiger partial charge in [0.15, 0.2) is 6.10 Å². The summed E-state index contributed by atoms with van der Waals surface area (Å²) in [5.41, 5.74) is 0. The maximum atomic E-state index is 11.5. The average molecular weight is 230 g/mol. The molecule has 1 saturated heterocycles. The zero-order chi connectivity index (χ0) is 12.1. The molecule has 16 heavy (non-hydrogen) atoms. The Labute approximate surface area is 92.1 Å². The van der Waals surface area contributed by atoms with E-state index in [1.807, 2.05) is 0 Å². The van der Waals surface area contributed by atoms with Gasteiger partial charge in [-0.05, 0) is 6.42 Å². The lowest BCUT2D eigenvalue weighted by Gasteiger charge is -2.14. The van der Waals surface area contributed by atoms with Gasteiger partial charge in [0.1, 0.15) is 6.04 Å². The standard InChI is InChI=1S/C9H14N2O5/c1-16-6(9(14)15)4-10-8(13)5-2-3-7(12)11-5/h5-6H,2-4H2,1H3,(H,10,13)(H,11,12)(H,14,15). The van der Waals surface area contributed by atoms with E-state index in [1.165, 1.54) is 7.11 Å². The van der Waals surface area contributed by atoms with Gasteiger partial charge >= 0.3 is 5.97 Å². The van der Waals surface area contributed by atoms with Crippen molar-refractivity contribution in [3.63, 3.8) is 0 Å². The second-order valence-corrected chi connectivity index (χ2v) is 3.47. The van der Waals surface area contributed by atoms with E-state index in [-0.39, 0.29) is 18.4 Å². The molecule has 2 unspecified atom stereocenters. The predicted octanol–water partition coefficient (Wildman–Crippen LogP) is -1.52. The maximum Gasteiger partial charge on any atom is 0.334 e. The van der Waals surface area contributed by atoms with E-state index in [0.717, 1.165) is 0 Å². The fourth-order valence-corrected chi connectivity index (χ4v) is 1.40. The van der Waals surface area contributed by atoms with Gasteiger partial charge in [0.05, 0.1) is 6.54 Å². The first-order valence-electron chi connectivity index (χ1n) is 4.87. The Hall–Kier alpha value is -1.63. The van der Waals surface area contributed by atoms with Crippen LogP contribution in [0.25, 0.3) is 0 Å². The molecular formula is C9H14N2O5. The molecule has 0 aromatic carbocycles. The van der Waals surface area contributed by atoms with Crippen molar-refractivity contribution in [2.24, 2.45) is 0 Å². The first kappa shape index (κ1) is 12.4. The quantitative estimate of drug-likeness (QED) is 0.532. The number of nitrogens with one attached hydrogen (secondary N) is 2. The van der Waals surface area contributed by atoms with Crippen molar-refractivity contribution in [2.75, 3.05) is 13.7 Å². The first-order valence-corrected chi connectivity index (χ1v) is 4.87. The van der Waals surface area contributed by atoms with Crippen LogP contribution in [0.15, 0.2) is 0 Å². The summed E-state index contributed by atoms with van der Waals surface area (Å²) in [5.74, 6) is -1.69. The number of carbonyl (C=O) groups excluding carboxylic acids is 2. The molecule has 0 saturated carbocycles. The molecule has 0 aromatic heterocycles. The SMILES string of the molecule is COC(CNC(=O)C1CCC(=O)N1)C(=O)O. The lowest BCUT2D eigenvalue weighted by molar-refractivity contribution is -0.148. The smallest absolute Gasteiger partial charge is 0.334 e. The highest BCUT2D eigenvalue weighted by molar-refractivity contribution is 5.91. The summed E-state index contributed by atoms with van der Waals surface area (Å²) in [4.78, 5) is 32.9. The Balaban J connectivity index is 2.34. The summed E-state index contributed by atoms with van der Waals surface area (Å²) in [6.45, 7) is -0.114. The van der Waals surface area contributed by atoms with Crippen molar-refractivity contribution in [3.05, 3.63) is 0 Å². The van der Waals surface area contributed by atoms with Crippen molar-refractivity contribution in [2.45, 2.75) is 25.0 Å². The molecule has 2 atom stereocenters. The molecule has 7 nitrogen and oxygen atoms in total. The zero-order valence-electron chi connectivity index (χ0n) is 8.86. The molecule has 0 spiro atoms. The molecular weight excluding hydrogens is 216 g/mol. The number of methoxy groups -OCH3 is 1. The Morgan fingerprint density at radius 1 is 1.69 bits per heavy atom. The van der Waals surface area contributed by atoms with Crippen LogP contribution in [0.2, 0.25) is 0 Å². The number of carboxylic acids is 1. The number of ether oxygens (including phenoxy) is 1. The minimum Gasteiger partial charge on any atom is -0.479 e. The van der Waals surface area contributed by atoms with Gasteiger partial charge in [-0.25, -0.2) is 4.79 Å². The average Bonchev–Trinajstić information content (AvgIpc) is 2.65. The topological polar surface area (TPSA) is 105 Å². The van der Waals surface area contributed by atoms with E-state index < -0.39 is 18.1 Å². The Morgan fingerprint density at radius 2 is 2.38 bits per heavy atom. The highest BCUT2D eigenvalue weighted by atomic mass is 16.5. The van der Waals surface area contributed by atoms with Crippen LogP contribution >= 0.6 is 0 Å². The number of hydrogen-bond acceptors (Lipinski definition) is 4. The van der Waals surface area contributed by atoms with Gasteiger partial charge in [-0.3, -0.25) is 9.59 Å². The molecule has 0 bridgehead atoms. The number of rotatable bonds is 5. The van der Waals surface area contributed by atoms with E-state index in [4.69, 9.17) is 5.11 Å². The maximum absolute atomic E-state index is 11.5. The Bertz CT molecular complexity index is 304. The van der Waals surface area contributed by atoms with Crippen molar-refractivity contribution < 1.29 is 24.2 Å². The normalized spacial score (nSPS) is 21.3. The molecule has 0 aromatic rings. The van der Waals surface area contributed by atoms with Gasteiger partial charge < -0.3 is 20.5 Å². The van der Waals surface area contributed by atoms with Gasteiger partial charge in [0, 0.05) is 13.5 Å². The van der Waals surface area contributed by atoms with Gasteiger partial charge in [-0.1, -0.05) is 0 Å². The molecule has 0 aliphatic carbocycles. The van der Waals surface area contributed by atoms with Crippen molar-refractivity contribution in [1.82, 2.24) is 10.6 Å². The summed E-state index contributed by atoms with van der Waals surface area (Å²) in [7, 11) is 1.25. The lowest BCUT2D eigenvalue weighted by atomic mass is 10.2. The van der Waals surface area contributed by atoms with Gasteiger partial charge in [0.25, 0.3) is 0 Å². The molecule has 1 fully saturated rings. The predicted molar refractivity (Wildman–Crippen MR) is 52.6 cm³/mol. The van der Waals surface area contributed by atoms with E-state index in [9.17, 15) is 14.4 Å². The van der Waals surface area contributed by atoms with Crippen molar-refractivity contribution in [3.8, 4) is 0 Å². The van der Waals surface area contributed by atoms with Crippen LogP contribution in [0.4, 0.5) is 0 Å². The summed E-state index contributed by atoms with van der Waals surface area (Å²) in [6, 6.07) is -0.557. The lowest BCUT2D eigenvalue weighted by Crippen LogP contribution is -2.45. The Morgan fingerprint density at radius 3 is 2.81 bits per heavy atom. The molecule has 2 amide bonds. The molecule has 1 heterocycles. The van der Waals surface area contributed by atoms with Crippen LogP contribution < -0.4 is 10.6 Å². The van der Waals surface area contributed by atoms with Crippen LogP contribution in [0.1, 0.15) is 12.8 Å². The Kier molecular flexibility index (Phi) is 4.24. The fraction of sp³-hybridized carbons (Fsp3) is 0.667. The largest absolute Gasteiger partial charge is 0.479 e. The number of amides is 2. The second-order valence-electron chi connectivity index (χ2n) is 3.47. The van der Waals surface area contributed by atoms with Crippen LogP contribution in [0.3, 0.4) is 0 Å². The summed E-state index contributed by atoms with van der Waals surface area (Å²) in [5, 5.41) is 13.6. The van der Waals surface area contributed by atoms with Gasteiger partial charge in [0.2, 0.25) is 11.8 Å². The number of carbonyl (C=O) groups is 3. The van der Waals surface area contributed by atoms with Gasteiger partial charge in [-0.15, -0.1) is 0 Å². The summed E-state index contributed by atoms with van der Waals surface area (Å²) < 4.78 is 4.64. The minimum atomic E-state index is -1.14. The van der Waals surface area contributed by atoms with Crippen LogP contribution in [0.5, 0.6) is 0 Å². The first-order chi connectivity index (χ1) is 7.54. The molecule has 7 heteroatoms. The van der Waals surface area contributed by atoms with E-state index in [0.29, 0.717) is 12.8 Å². The van der Waals surface area contributed by atoms with Crippen LogP contribution in [0, 0.1) is 0 Å². The third-order valence-corrected chi connectivity index (χ3v) is 2.33. The molecule has 90 valence electrons. The van der Waals surface area contributed by atoms with Gasteiger partial charge in [-0.2, -0.15) is 0 Å². The number of hydrogen-bond donors (Lipinski definition) is 3. The third-order valence-electron chi connectivity index (χ3n) is 2.33. The highest BCUT2D eigenvalue weighted by Gasteiger charge is 2.28. The van der Waals surface area contributed by atoms with Crippen molar-refractivity contribution >= 4 is 17.8 Å². The fourth-order valence-electron chi connectivity index (χ4n) is 1.40. The second kappa shape index (κ2) is 5.45. The minimum absolute atomic E-state index is 0.114. The summed E-state index contributed by atoms with van der Waals surface area (Å²) in [6.07, 6.45) is -0.304. The number of aliphatic carboxylic acids is 1. The third kappa shape index (κ3) is 3.20. The number of carboxylic acid groups (broad SMARTS) is 1. The molecule has 1 aliphatic rings. The highest BCUT2D eigenvalue weighted by Crippen LogP contribution is 2.06. The monoisotopic (exact) mass is 230 g/mol. The summed E-state index contributed by atoms with van der Waals surface area (Å²) >= 11 is 0. The molecule has 1 rings (SSSR count). The van der Waals surface area contributed by atoms with Crippen LogP contribution in [-0.4, -0.2) is 48.7 Å².